The van der Waals surface area contributed by atoms with Crippen LogP contribution in [0.15, 0.2) is 11.6 Å². The van der Waals surface area contributed by atoms with Crippen LogP contribution in [0.4, 0.5) is 0 Å². The lowest BCUT2D eigenvalue weighted by atomic mass is 9.33. The zero-order valence-electron chi connectivity index (χ0n) is 39.7. The maximum atomic E-state index is 14.7. The number of carboxylic acid groups (broad SMARTS) is 1. The first kappa shape index (κ1) is 51.4. The Labute approximate surface area is 391 Å². The van der Waals surface area contributed by atoms with Gasteiger partial charge in [0, 0.05) is 0 Å². The summed E-state index contributed by atoms with van der Waals surface area (Å²) in [6, 6.07) is 0. The number of carbonyl (C=O) groups excluding carboxylic acids is 1. The zero-order valence-corrected chi connectivity index (χ0v) is 39.7. The highest BCUT2D eigenvalue weighted by molar-refractivity contribution is 5.79. The number of hydrogen-bond acceptors (Lipinski definition) is 18. The average molecular weight is 957 g/mol. The fourth-order valence-corrected chi connectivity index (χ4v) is 15.0. The summed E-state index contributed by atoms with van der Waals surface area (Å²) in [5.41, 5.74) is -1.05. The lowest BCUT2D eigenvalue weighted by Crippen LogP contribution is -2.67. The van der Waals surface area contributed by atoms with Crippen molar-refractivity contribution in [2.75, 3.05) is 13.2 Å². The highest BCUT2D eigenvalue weighted by Crippen LogP contribution is 2.76. The standard InChI is InChI=1S/C48H76O19/c1-43(2)14-16-48(42(61)67-40-35(58)31(54)29(52)24(20-50)63-40)17-15-46(6)21(22(48)18-43)8-9-26-45(5)12-11-27(44(3,4)25(45)10-13-47(26,46)7)64-41-37(33(56)32(55)36(65-41)38(59)60)66-39-34(57)30(53)28(51)23(19-49)62-39/h8,22-37,39-41,49-58H,9-20H2,1-7H3,(H,59,60)/t22?,23-,24-,25?,26?,27+,28-,29-,30+,31+,32+,33+,34-,35-,36+,37-,39+,40+,41-,45+,46-,47-,48+/m1/s1. The van der Waals surface area contributed by atoms with E-state index in [9.17, 15) is 65.8 Å². The molecule has 3 saturated heterocycles. The molecule has 0 aromatic heterocycles. The third-order valence-corrected chi connectivity index (χ3v) is 19.3. The monoisotopic (exact) mass is 956 g/mol. The number of hydrogen-bond donors (Lipinski definition) is 11. The quantitative estimate of drug-likeness (QED) is 0.0838. The second kappa shape index (κ2) is 18.0. The number of carboxylic acids is 1. The Hall–Kier alpha value is -1.92. The highest BCUT2D eigenvalue weighted by atomic mass is 16.8. The first-order valence-electron chi connectivity index (χ1n) is 24.3. The van der Waals surface area contributed by atoms with E-state index in [2.05, 4.69) is 54.5 Å². The number of rotatable bonds is 9. The van der Waals surface area contributed by atoms with Crippen molar-refractivity contribution in [2.45, 2.75) is 211 Å². The van der Waals surface area contributed by atoms with Gasteiger partial charge in [-0.3, -0.25) is 4.79 Å². The molecule has 3 heterocycles. The molecule has 0 bridgehead atoms. The topological polar surface area (TPSA) is 312 Å². The molecule has 382 valence electrons. The van der Waals surface area contributed by atoms with Crippen molar-refractivity contribution in [2.24, 2.45) is 50.2 Å². The molecule has 67 heavy (non-hydrogen) atoms. The van der Waals surface area contributed by atoms with Gasteiger partial charge in [-0.15, -0.1) is 0 Å². The summed E-state index contributed by atoms with van der Waals surface area (Å²) in [7, 11) is 0. The molecule has 19 heteroatoms. The fourth-order valence-electron chi connectivity index (χ4n) is 15.0. The van der Waals surface area contributed by atoms with Crippen LogP contribution in [0.1, 0.15) is 113 Å². The molecule has 4 saturated carbocycles. The van der Waals surface area contributed by atoms with Crippen molar-refractivity contribution in [1.29, 1.82) is 0 Å². The second-order valence-electron chi connectivity index (χ2n) is 23.5. The van der Waals surface area contributed by atoms with Gasteiger partial charge in [-0.2, -0.15) is 0 Å². The minimum atomic E-state index is -1.98. The van der Waals surface area contributed by atoms with Gasteiger partial charge in [-0.25, -0.2) is 4.79 Å². The Morgan fingerprint density at radius 2 is 1.24 bits per heavy atom. The van der Waals surface area contributed by atoms with E-state index in [0.717, 1.165) is 38.5 Å². The van der Waals surface area contributed by atoms with Gasteiger partial charge < -0.3 is 84.6 Å². The number of esters is 1. The molecule has 3 unspecified atom stereocenters. The van der Waals surface area contributed by atoms with E-state index in [1.165, 1.54) is 5.57 Å². The lowest BCUT2D eigenvalue weighted by Gasteiger charge is -2.71. The average Bonchev–Trinajstić information content (AvgIpc) is 3.26. The van der Waals surface area contributed by atoms with E-state index in [0.29, 0.717) is 25.7 Å². The Morgan fingerprint density at radius 1 is 0.642 bits per heavy atom. The lowest BCUT2D eigenvalue weighted by molar-refractivity contribution is -0.374. The number of carbonyl (C=O) groups is 2. The van der Waals surface area contributed by atoms with E-state index in [1.807, 2.05) is 0 Å². The first-order valence-corrected chi connectivity index (χ1v) is 24.3. The molecule has 8 rings (SSSR count). The largest absolute Gasteiger partial charge is 0.479 e. The van der Waals surface area contributed by atoms with Gasteiger partial charge >= 0.3 is 11.9 Å². The molecule has 0 spiro atoms. The zero-order chi connectivity index (χ0) is 49.1. The van der Waals surface area contributed by atoms with Gasteiger partial charge in [0.2, 0.25) is 6.29 Å². The van der Waals surface area contributed by atoms with Crippen LogP contribution in [0.5, 0.6) is 0 Å². The summed E-state index contributed by atoms with van der Waals surface area (Å²) >= 11 is 0. The van der Waals surface area contributed by atoms with Crippen LogP contribution in [0.25, 0.3) is 0 Å². The summed E-state index contributed by atoms with van der Waals surface area (Å²) in [6.07, 6.45) is -16.4. The van der Waals surface area contributed by atoms with Crippen LogP contribution in [0, 0.1) is 50.2 Å². The molecule has 0 aromatic carbocycles. The van der Waals surface area contributed by atoms with Gasteiger partial charge in [0.15, 0.2) is 18.7 Å². The third kappa shape index (κ3) is 8.06. The molecule has 19 nitrogen and oxygen atoms in total. The normalized spacial score (nSPS) is 52.6. The summed E-state index contributed by atoms with van der Waals surface area (Å²) in [6.45, 7) is 14.4. The molecule has 7 fully saturated rings. The van der Waals surface area contributed by atoms with Gasteiger partial charge in [0.25, 0.3) is 0 Å². The number of aliphatic hydroxyl groups is 10. The van der Waals surface area contributed by atoms with E-state index >= 15 is 0 Å². The van der Waals surface area contributed by atoms with Crippen LogP contribution >= 0.6 is 0 Å². The summed E-state index contributed by atoms with van der Waals surface area (Å²) in [5, 5.41) is 115. The molecular formula is C48H76O19. The van der Waals surface area contributed by atoms with Gasteiger partial charge in [0.1, 0.15) is 67.1 Å². The Kier molecular flexibility index (Phi) is 13.8. The van der Waals surface area contributed by atoms with Crippen LogP contribution in [0.3, 0.4) is 0 Å². The minimum Gasteiger partial charge on any atom is -0.479 e. The van der Waals surface area contributed by atoms with Crippen LogP contribution in [-0.4, -0.2) is 180 Å². The van der Waals surface area contributed by atoms with E-state index in [1.54, 1.807) is 0 Å². The number of allylic oxidation sites excluding steroid dienone is 2. The maximum absolute atomic E-state index is 14.7. The van der Waals surface area contributed by atoms with Crippen molar-refractivity contribution in [3.63, 3.8) is 0 Å². The molecule has 8 aliphatic rings. The van der Waals surface area contributed by atoms with E-state index in [4.69, 9.17) is 28.4 Å². The Balaban J connectivity index is 1.05. The summed E-state index contributed by atoms with van der Waals surface area (Å²) in [4.78, 5) is 27.0. The molecule has 0 aromatic rings. The molecule has 0 radical (unpaired) electrons. The first-order chi connectivity index (χ1) is 31.2. The minimum absolute atomic E-state index is 0.0828. The molecule has 5 aliphatic carbocycles. The van der Waals surface area contributed by atoms with Crippen LogP contribution < -0.4 is 0 Å². The predicted octanol–water partition coefficient (Wildman–Crippen LogP) is 0.233. The number of aliphatic hydroxyl groups excluding tert-OH is 10. The van der Waals surface area contributed by atoms with E-state index in [-0.39, 0.29) is 39.4 Å². The molecule has 11 N–H and O–H groups in total. The summed E-state index contributed by atoms with van der Waals surface area (Å²) < 4.78 is 35.7. The number of aliphatic carboxylic acids is 1. The fraction of sp³-hybridized carbons (Fsp3) is 0.917. The number of fused-ring (bicyclic) bond motifs is 7. The Morgan fingerprint density at radius 3 is 1.85 bits per heavy atom. The van der Waals surface area contributed by atoms with Crippen LogP contribution in [0.2, 0.25) is 0 Å². The van der Waals surface area contributed by atoms with Crippen molar-refractivity contribution in [1.82, 2.24) is 0 Å². The molecular weight excluding hydrogens is 881 g/mol. The Bertz CT molecular complexity index is 1870. The van der Waals surface area contributed by atoms with Crippen molar-refractivity contribution in [3.05, 3.63) is 11.6 Å². The van der Waals surface area contributed by atoms with Crippen molar-refractivity contribution < 1.29 is 94.2 Å². The van der Waals surface area contributed by atoms with E-state index < -0.39 is 134 Å². The maximum Gasteiger partial charge on any atom is 0.335 e. The smallest absolute Gasteiger partial charge is 0.335 e. The molecule has 3 aliphatic heterocycles. The predicted molar refractivity (Wildman–Crippen MR) is 231 cm³/mol. The molecule has 23 atom stereocenters. The molecule has 0 amide bonds. The summed E-state index contributed by atoms with van der Waals surface area (Å²) in [5.74, 6) is -1.94. The van der Waals surface area contributed by atoms with Crippen molar-refractivity contribution in [3.8, 4) is 0 Å². The van der Waals surface area contributed by atoms with Gasteiger partial charge in [-0.05, 0) is 109 Å². The highest BCUT2D eigenvalue weighted by Gasteiger charge is 2.70. The van der Waals surface area contributed by atoms with Crippen LogP contribution in [-0.2, 0) is 38.0 Å². The van der Waals surface area contributed by atoms with Gasteiger partial charge in [0.05, 0.1) is 24.7 Å². The third-order valence-electron chi connectivity index (χ3n) is 19.3. The number of ether oxygens (including phenoxy) is 6. The SMILES string of the molecule is CC1(C)CC[C@]2(C(=O)O[C@@H]3O[C@H](CO)[C@@H](O)[C@H](O)[C@H]3O)CC[C@]3(C)C(=CCC4[C@@]5(C)CC[C@H](O[C@@H]6O[C@H](C(=O)O)[C@@H](O)[C@H](O)[C@H]6O[C@@H]6O[C@H](CO)[C@@H](O)[C@H](O)[C@H]6O)C(C)(C)C5CC[C@]43C)C2C1. The van der Waals surface area contributed by atoms with Crippen molar-refractivity contribution >= 4 is 11.9 Å². The second-order valence-corrected chi connectivity index (χ2v) is 23.5. The van der Waals surface area contributed by atoms with Gasteiger partial charge in [-0.1, -0.05) is 60.1 Å².